The molecule has 2 aromatic heterocycles. The van der Waals surface area contributed by atoms with Crippen molar-refractivity contribution in [3.05, 3.63) is 37.5 Å². The van der Waals surface area contributed by atoms with Crippen molar-refractivity contribution >= 4 is 22.6 Å². The fourth-order valence-electron chi connectivity index (χ4n) is 1.46. The Morgan fingerprint density at radius 1 is 1.56 bits per heavy atom. The molecule has 0 saturated heterocycles. The molecule has 0 saturated carbocycles. The van der Waals surface area contributed by atoms with E-state index in [1.54, 1.807) is 6.26 Å². The standard InChI is InChI=1S/C11H11IN2O2/c1-3-7-8(12)11(15)14-10(13-7)9-6(2)4-5-16-9/h4-5H,3H2,1-2H3,(H,13,14,15). The Hall–Kier alpha value is -1.11. The second-order valence-electron chi connectivity index (χ2n) is 3.46. The molecule has 16 heavy (non-hydrogen) atoms. The van der Waals surface area contributed by atoms with Crippen LogP contribution in [-0.2, 0) is 6.42 Å². The summed E-state index contributed by atoms with van der Waals surface area (Å²) in [7, 11) is 0. The Bertz CT molecular complexity index is 572. The highest BCUT2D eigenvalue weighted by molar-refractivity contribution is 14.1. The molecule has 2 heterocycles. The zero-order valence-corrected chi connectivity index (χ0v) is 11.2. The van der Waals surface area contributed by atoms with Gasteiger partial charge in [-0.1, -0.05) is 6.92 Å². The normalized spacial score (nSPS) is 10.7. The molecule has 5 heteroatoms. The summed E-state index contributed by atoms with van der Waals surface area (Å²) in [5.41, 5.74) is 1.65. The minimum absolute atomic E-state index is 0.113. The highest BCUT2D eigenvalue weighted by atomic mass is 127. The molecule has 0 aliphatic heterocycles. The first-order valence-corrected chi connectivity index (χ1v) is 6.04. The van der Waals surface area contributed by atoms with Crippen LogP contribution in [0.3, 0.4) is 0 Å². The smallest absolute Gasteiger partial charge is 0.264 e. The number of aromatic amines is 1. The van der Waals surface area contributed by atoms with Crippen molar-refractivity contribution in [1.29, 1.82) is 0 Å². The van der Waals surface area contributed by atoms with Crippen LogP contribution in [0.25, 0.3) is 11.6 Å². The van der Waals surface area contributed by atoms with Crippen LogP contribution in [0.2, 0.25) is 0 Å². The Kier molecular flexibility index (Phi) is 3.13. The maximum Gasteiger partial charge on any atom is 0.264 e. The van der Waals surface area contributed by atoms with Crippen LogP contribution in [0.5, 0.6) is 0 Å². The molecule has 2 aromatic rings. The first kappa shape index (κ1) is 11.4. The maximum absolute atomic E-state index is 11.7. The number of aromatic nitrogens is 2. The highest BCUT2D eigenvalue weighted by Crippen LogP contribution is 2.20. The molecule has 0 amide bonds. The summed E-state index contributed by atoms with van der Waals surface area (Å²) >= 11 is 2.01. The average molecular weight is 330 g/mol. The molecule has 0 fully saturated rings. The number of hydrogen-bond donors (Lipinski definition) is 1. The number of hydrogen-bond acceptors (Lipinski definition) is 3. The third-order valence-corrected chi connectivity index (χ3v) is 3.46. The van der Waals surface area contributed by atoms with E-state index in [-0.39, 0.29) is 5.56 Å². The minimum Gasteiger partial charge on any atom is -0.461 e. The van der Waals surface area contributed by atoms with Gasteiger partial charge in [-0.05, 0) is 47.6 Å². The number of aryl methyl sites for hydroxylation is 2. The number of H-pyrrole nitrogens is 1. The molecule has 0 atom stereocenters. The van der Waals surface area contributed by atoms with Gasteiger partial charge in [-0.15, -0.1) is 0 Å². The summed E-state index contributed by atoms with van der Waals surface area (Å²) < 4.78 is 5.96. The quantitative estimate of drug-likeness (QED) is 0.861. The van der Waals surface area contributed by atoms with Crippen LogP contribution in [-0.4, -0.2) is 9.97 Å². The molecule has 4 nitrogen and oxygen atoms in total. The van der Waals surface area contributed by atoms with Crippen LogP contribution in [0.1, 0.15) is 18.2 Å². The maximum atomic E-state index is 11.7. The molecule has 0 unspecified atom stereocenters. The van der Waals surface area contributed by atoms with E-state index in [4.69, 9.17) is 4.42 Å². The Balaban J connectivity index is 2.64. The van der Waals surface area contributed by atoms with E-state index in [1.165, 1.54) is 0 Å². The summed E-state index contributed by atoms with van der Waals surface area (Å²) in [6, 6.07) is 1.85. The largest absolute Gasteiger partial charge is 0.461 e. The van der Waals surface area contributed by atoms with Gasteiger partial charge in [0.05, 0.1) is 15.5 Å². The molecular weight excluding hydrogens is 319 g/mol. The second kappa shape index (κ2) is 4.40. The number of rotatable bonds is 2. The van der Waals surface area contributed by atoms with Crippen molar-refractivity contribution in [3.63, 3.8) is 0 Å². The first-order valence-electron chi connectivity index (χ1n) is 4.96. The van der Waals surface area contributed by atoms with E-state index in [0.717, 1.165) is 17.7 Å². The predicted octanol–water partition coefficient (Wildman–Crippen LogP) is 2.51. The number of nitrogens with zero attached hydrogens (tertiary/aromatic N) is 1. The van der Waals surface area contributed by atoms with Crippen molar-refractivity contribution in [2.24, 2.45) is 0 Å². The van der Waals surface area contributed by atoms with Crippen LogP contribution in [0.4, 0.5) is 0 Å². The summed E-state index contributed by atoms with van der Waals surface area (Å²) in [6.45, 7) is 3.89. The fourth-order valence-corrected chi connectivity index (χ4v) is 2.10. The van der Waals surface area contributed by atoms with Crippen LogP contribution in [0, 0.1) is 10.5 Å². The van der Waals surface area contributed by atoms with Gasteiger partial charge in [0.1, 0.15) is 0 Å². The van der Waals surface area contributed by atoms with Gasteiger partial charge in [-0.3, -0.25) is 4.79 Å². The molecular formula is C11H11IN2O2. The lowest BCUT2D eigenvalue weighted by Gasteiger charge is -2.03. The van der Waals surface area contributed by atoms with Gasteiger partial charge in [-0.25, -0.2) is 4.98 Å². The van der Waals surface area contributed by atoms with Gasteiger partial charge < -0.3 is 9.40 Å². The second-order valence-corrected chi connectivity index (χ2v) is 4.54. The lowest BCUT2D eigenvalue weighted by Crippen LogP contribution is -2.16. The predicted molar refractivity (Wildman–Crippen MR) is 69.4 cm³/mol. The van der Waals surface area contributed by atoms with E-state index in [0.29, 0.717) is 15.2 Å². The van der Waals surface area contributed by atoms with E-state index >= 15 is 0 Å². The van der Waals surface area contributed by atoms with Crippen molar-refractivity contribution in [2.75, 3.05) is 0 Å². The van der Waals surface area contributed by atoms with E-state index < -0.39 is 0 Å². The third kappa shape index (κ3) is 1.91. The Morgan fingerprint density at radius 3 is 2.88 bits per heavy atom. The van der Waals surface area contributed by atoms with Gasteiger partial charge >= 0.3 is 0 Å². The fraction of sp³-hybridized carbons (Fsp3) is 0.273. The SMILES string of the molecule is CCc1nc(-c2occc2C)[nH]c(=O)c1I. The Labute approximate surface area is 106 Å². The molecule has 0 spiro atoms. The van der Waals surface area contributed by atoms with Crippen LogP contribution in [0.15, 0.2) is 21.5 Å². The molecule has 0 aliphatic carbocycles. The van der Waals surface area contributed by atoms with Gasteiger partial charge in [0.15, 0.2) is 11.6 Å². The van der Waals surface area contributed by atoms with Crippen molar-refractivity contribution in [3.8, 4) is 11.6 Å². The summed E-state index contributed by atoms with van der Waals surface area (Å²) in [5.74, 6) is 1.13. The summed E-state index contributed by atoms with van der Waals surface area (Å²) in [4.78, 5) is 18.8. The number of nitrogens with one attached hydrogen (secondary N) is 1. The van der Waals surface area contributed by atoms with Crippen LogP contribution < -0.4 is 5.56 Å². The van der Waals surface area contributed by atoms with Crippen molar-refractivity contribution in [2.45, 2.75) is 20.3 Å². The van der Waals surface area contributed by atoms with Gasteiger partial charge in [-0.2, -0.15) is 0 Å². The highest BCUT2D eigenvalue weighted by Gasteiger charge is 2.12. The number of halogens is 1. The third-order valence-electron chi connectivity index (χ3n) is 2.34. The Morgan fingerprint density at radius 2 is 2.31 bits per heavy atom. The van der Waals surface area contributed by atoms with E-state index in [2.05, 4.69) is 9.97 Å². The lowest BCUT2D eigenvalue weighted by molar-refractivity contribution is 0.574. The zero-order valence-electron chi connectivity index (χ0n) is 9.00. The number of furan rings is 1. The topological polar surface area (TPSA) is 58.9 Å². The lowest BCUT2D eigenvalue weighted by atomic mass is 10.2. The van der Waals surface area contributed by atoms with Gasteiger partial charge in [0, 0.05) is 0 Å². The monoisotopic (exact) mass is 330 g/mol. The van der Waals surface area contributed by atoms with Gasteiger partial charge in [0.25, 0.3) is 5.56 Å². The van der Waals surface area contributed by atoms with Crippen molar-refractivity contribution < 1.29 is 4.42 Å². The average Bonchev–Trinajstić information content (AvgIpc) is 2.68. The van der Waals surface area contributed by atoms with Gasteiger partial charge in [0.2, 0.25) is 0 Å². The molecule has 1 N–H and O–H groups in total. The van der Waals surface area contributed by atoms with E-state index in [1.807, 2.05) is 42.5 Å². The zero-order chi connectivity index (χ0) is 11.7. The molecule has 0 radical (unpaired) electrons. The first-order chi connectivity index (χ1) is 7.63. The van der Waals surface area contributed by atoms with Crippen molar-refractivity contribution in [1.82, 2.24) is 9.97 Å². The summed E-state index contributed by atoms with van der Waals surface area (Å²) in [5, 5.41) is 0. The molecule has 84 valence electrons. The molecule has 0 aliphatic rings. The summed E-state index contributed by atoms with van der Waals surface area (Å²) in [6.07, 6.45) is 2.32. The minimum atomic E-state index is -0.113. The van der Waals surface area contributed by atoms with E-state index in [9.17, 15) is 4.79 Å². The molecule has 2 rings (SSSR count). The van der Waals surface area contributed by atoms with Crippen LogP contribution >= 0.6 is 22.6 Å². The molecule has 0 bridgehead atoms. The molecule has 0 aromatic carbocycles.